The van der Waals surface area contributed by atoms with E-state index in [9.17, 15) is 39.9 Å². The van der Waals surface area contributed by atoms with Crippen LogP contribution >= 0.6 is 0 Å². The second-order valence-electron chi connectivity index (χ2n) is 10.2. The van der Waals surface area contributed by atoms with E-state index in [1.54, 1.807) is 17.4 Å². The second-order valence-corrected chi connectivity index (χ2v) is 10.2. The first-order chi connectivity index (χ1) is 18.8. The minimum atomic E-state index is -3.34. The van der Waals surface area contributed by atoms with Crippen molar-refractivity contribution in [3.8, 4) is 0 Å². The van der Waals surface area contributed by atoms with Gasteiger partial charge in [-0.05, 0) is 18.2 Å². The Balaban J connectivity index is 1.34. The molecule has 13 nitrogen and oxygen atoms in total. The third-order valence-electron chi connectivity index (χ3n) is 7.71. The molecule has 2 atom stereocenters. The minimum Gasteiger partial charge on any atom is -0.390 e. The molecule has 3 aliphatic rings. The number of hydrogen-bond donors (Lipinski definition) is 7. The summed E-state index contributed by atoms with van der Waals surface area (Å²) in [5.74, 6) is -9.69. The summed E-state index contributed by atoms with van der Waals surface area (Å²) in [6.07, 6.45) is 0. The lowest BCUT2D eigenvalue weighted by molar-refractivity contribution is -0.287. The van der Waals surface area contributed by atoms with Gasteiger partial charge in [-0.25, -0.2) is 9.29 Å². The monoisotopic (exact) mass is 558 g/mol. The SMILES string of the molecule is BC1(O)C(N2Cc3c(NCc4ccc(C(O)(O)N5CCOCC5)cc4F)cccc3C2=O)C(=O)NC(=O)C1(O)O. The second kappa shape index (κ2) is 9.88. The van der Waals surface area contributed by atoms with Crippen molar-refractivity contribution in [1.29, 1.82) is 0 Å². The first-order valence-corrected chi connectivity index (χ1v) is 12.5. The lowest BCUT2D eigenvalue weighted by Crippen LogP contribution is -2.79. The molecule has 2 aromatic rings. The summed E-state index contributed by atoms with van der Waals surface area (Å²) < 4.78 is 20.2. The predicted octanol–water partition coefficient (Wildman–Crippen LogP) is -3.15. The maximum absolute atomic E-state index is 15.0. The van der Waals surface area contributed by atoms with Crippen molar-refractivity contribution in [1.82, 2.24) is 15.1 Å². The van der Waals surface area contributed by atoms with Crippen LogP contribution < -0.4 is 10.6 Å². The van der Waals surface area contributed by atoms with Gasteiger partial charge in [0, 0.05) is 54.1 Å². The Hall–Kier alpha value is -3.44. The van der Waals surface area contributed by atoms with Gasteiger partial charge in [0.2, 0.25) is 0 Å². The zero-order valence-corrected chi connectivity index (χ0v) is 21.4. The topological polar surface area (TPSA) is 192 Å². The van der Waals surface area contributed by atoms with Crippen molar-refractivity contribution in [2.75, 3.05) is 31.6 Å². The van der Waals surface area contributed by atoms with E-state index in [1.165, 1.54) is 23.1 Å². The van der Waals surface area contributed by atoms with E-state index in [-0.39, 0.29) is 42.9 Å². The Morgan fingerprint density at radius 3 is 2.50 bits per heavy atom. The fraction of sp³-hybridized carbons (Fsp3) is 0.400. The quantitative estimate of drug-likeness (QED) is 0.108. The number of benzene rings is 2. The molecule has 0 radical (unpaired) electrons. The standard InChI is InChI=1S/C25H28BFN4O9/c26-23(35)19(20(32)29-22(34)24(23,36)37)31-12-16-15(21(31)33)2-1-3-18(16)28-11-13-4-5-14(10-17(13)27)25(38,39)30-6-8-40-9-7-30/h1-5,10,19,28,35-39H,6-9,11-12,26H2,(H,29,32,34). The number of rotatable bonds is 6. The van der Waals surface area contributed by atoms with Crippen LogP contribution in [-0.4, -0.2) is 105 Å². The molecule has 0 spiro atoms. The molecule has 212 valence electrons. The van der Waals surface area contributed by atoms with Gasteiger partial charge in [0.15, 0.2) is 7.85 Å². The number of piperidine rings is 1. The highest BCUT2D eigenvalue weighted by Crippen LogP contribution is 2.37. The van der Waals surface area contributed by atoms with Gasteiger partial charge in [-0.3, -0.25) is 19.7 Å². The smallest absolute Gasteiger partial charge is 0.288 e. The van der Waals surface area contributed by atoms with Crippen LogP contribution in [0.1, 0.15) is 27.0 Å². The summed E-state index contributed by atoms with van der Waals surface area (Å²) in [4.78, 5) is 40.0. The van der Waals surface area contributed by atoms with E-state index in [0.717, 1.165) is 18.8 Å². The average Bonchev–Trinajstić information content (AvgIpc) is 3.23. The van der Waals surface area contributed by atoms with Gasteiger partial charge < -0.3 is 40.5 Å². The lowest BCUT2D eigenvalue weighted by atomic mass is 9.66. The summed E-state index contributed by atoms with van der Waals surface area (Å²) in [6.45, 7) is 0.879. The van der Waals surface area contributed by atoms with Crippen molar-refractivity contribution in [3.05, 3.63) is 64.5 Å². The van der Waals surface area contributed by atoms with Gasteiger partial charge in [-0.1, -0.05) is 18.2 Å². The van der Waals surface area contributed by atoms with E-state index >= 15 is 4.39 Å². The Morgan fingerprint density at radius 1 is 1.12 bits per heavy atom. The van der Waals surface area contributed by atoms with Crippen molar-refractivity contribution < 1.29 is 49.0 Å². The van der Waals surface area contributed by atoms with Crippen molar-refractivity contribution >= 4 is 31.3 Å². The molecule has 5 rings (SSSR count). The molecule has 15 heteroatoms. The zero-order valence-electron chi connectivity index (χ0n) is 21.4. The van der Waals surface area contributed by atoms with Crippen LogP contribution in [0, 0.1) is 5.82 Å². The highest BCUT2D eigenvalue weighted by atomic mass is 19.1. The number of fused-ring (bicyclic) bond motifs is 1. The molecule has 3 heterocycles. The number of hydrogen-bond acceptors (Lipinski definition) is 11. The normalized spacial score (nSPS) is 25.1. The first kappa shape index (κ1) is 28.1. The molecule has 2 aromatic carbocycles. The van der Waals surface area contributed by atoms with Crippen LogP contribution in [0.2, 0.25) is 0 Å². The fourth-order valence-corrected chi connectivity index (χ4v) is 5.26. The molecular formula is C25H28BFN4O9. The van der Waals surface area contributed by atoms with Gasteiger partial charge >= 0.3 is 0 Å². The number of carbonyl (C=O) groups excluding carboxylic acids is 3. The van der Waals surface area contributed by atoms with Crippen LogP contribution in [0.3, 0.4) is 0 Å². The van der Waals surface area contributed by atoms with E-state index in [2.05, 4.69) is 5.32 Å². The molecule has 2 saturated heterocycles. The summed E-state index contributed by atoms with van der Waals surface area (Å²) in [6, 6.07) is 6.70. The van der Waals surface area contributed by atoms with Crippen molar-refractivity contribution in [2.45, 2.75) is 36.3 Å². The molecule has 0 saturated carbocycles. The van der Waals surface area contributed by atoms with Crippen LogP contribution in [0.5, 0.6) is 0 Å². The molecule has 40 heavy (non-hydrogen) atoms. The van der Waals surface area contributed by atoms with Gasteiger partial charge in [0.1, 0.15) is 17.4 Å². The molecular weight excluding hydrogens is 530 g/mol. The number of carbonyl (C=O) groups is 3. The van der Waals surface area contributed by atoms with E-state index in [4.69, 9.17) is 4.74 Å². The number of ether oxygens (including phenoxy) is 1. The summed E-state index contributed by atoms with van der Waals surface area (Å²) >= 11 is 0. The highest BCUT2D eigenvalue weighted by Gasteiger charge is 2.64. The average molecular weight is 558 g/mol. The molecule has 2 unspecified atom stereocenters. The highest BCUT2D eigenvalue weighted by molar-refractivity contribution is 6.24. The molecule has 0 aromatic heterocycles. The number of nitrogens with zero attached hydrogens (tertiary/aromatic N) is 2. The fourth-order valence-electron chi connectivity index (χ4n) is 5.26. The maximum atomic E-state index is 15.0. The number of imide groups is 1. The van der Waals surface area contributed by atoms with Crippen molar-refractivity contribution in [2.24, 2.45) is 0 Å². The van der Waals surface area contributed by atoms with Crippen LogP contribution in [0.15, 0.2) is 36.4 Å². The maximum Gasteiger partial charge on any atom is 0.288 e. The number of anilines is 1. The summed E-state index contributed by atoms with van der Waals surface area (Å²) in [7, 11) is 0.878. The number of aliphatic hydroxyl groups is 5. The first-order valence-electron chi connectivity index (χ1n) is 12.5. The Bertz CT molecular complexity index is 1380. The number of morpholine rings is 1. The number of amides is 3. The number of nitrogens with one attached hydrogen (secondary N) is 2. The van der Waals surface area contributed by atoms with Gasteiger partial charge in [0.25, 0.3) is 29.4 Å². The summed E-state index contributed by atoms with van der Waals surface area (Å²) in [5.41, 5.74) is -1.59. The number of halogens is 1. The minimum absolute atomic E-state index is 0.0439. The third kappa shape index (κ3) is 4.45. The predicted molar refractivity (Wildman–Crippen MR) is 136 cm³/mol. The van der Waals surface area contributed by atoms with Crippen LogP contribution in [0.4, 0.5) is 10.1 Å². The molecule has 7 N–H and O–H groups in total. The molecule has 0 aliphatic carbocycles. The van der Waals surface area contributed by atoms with Crippen molar-refractivity contribution in [3.63, 3.8) is 0 Å². The Morgan fingerprint density at radius 2 is 1.82 bits per heavy atom. The molecule has 0 bridgehead atoms. The molecule has 2 fully saturated rings. The van der Waals surface area contributed by atoms with Gasteiger partial charge in [0.05, 0.1) is 13.2 Å². The Labute approximate surface area is 228 Å². The van der Waals surface area contributed by atoms with E-state index < -0.39 is 46.8 Å². The largest absolute Gasteiger partial charge is 0.390 e. The van der Waals surface area contributed by atoms with Crippen LogP contribution in [-0.2, 0) is 33.3 Å². The van der Waals surface area contributed by atoms with E-state index in [0.29, 0.717) is 24.5 Å². The lowest BCUT2D eigenvalue weighted by Gasteiger charge is -2.47. The Kier molecular flexibility index (Phi) is 6.95. The zero-order chi connectivity index (χ0) is 29.0. The van der Waals surface area contributed by atoms with Gasteiger partial charge in [-0.15, -0.1) is 0 Å². The molecule has 3 amide bonds. The van der Waals surface area contributed by atoms with Gasteiger partial charge in [-0.2, -0.15) is 0 Å². The van der Waals surface area contributed by atoms with E-state index in [1.807, 2.05) is 0 Å². The van der Waals surface area contributed by atoms with Crippen LogP contribution in [0.25, 0.3) is 0 Å². The molecule has 3 aliphatic heterocycles. The summed E-state index contributed by atoms with van der Waals surface area (Å²) in [5, 5.41) is 57.2. The third-order valence-corrected chi connectivity index (χ3v) is 7.71.